The quantitative estimate of drug-likeness (QED) is 0.457. The van der Waals surface area contributed by atoms with Gasteiger partial charge in [0.1, 0.15) is 11.0 Å². The highest BCUT2D eigenvalue weighted by molar-refractivity contribution is 9.12. The van der Waals surface area contributed by atoms with Gasteiger partial charge in [-0.2, -0.15) is 0 Å². The fourth-order valence-electron chi connectivity index (χ4n) is 0.507. The van der Waals surface area contributed by atoms with Crippen LogP contribution in [-0.2, 0) is 0 Å². The van der Waals surface area contributed by atoms with Gasteiger partial charge < -0.3 is 0 Å². The molecule has 4 nitrogen and oxygen atoms in total. The van der Waals surface area contributed by atoms with Gasteiger partial charge in [-0.15, -0.1) is 0 Å². The summed E-state index contributed by atoms with van der Waals surface area (Å²) in [7, 11) is 0. The van der Waals surface area contributed by atoms with Crippen molar-refractivity contribution in [1.82, 2.24) is 0 Å². The summed E-state index contributed by atoms with van der Waals surface area (Å²) in [5.74, 6) is 0. The third kappa shape index (κ3) is 1.16. The molecule has 48 valence electrons. The second-order valence-electron chi connectivity index (χ2n) is 1.52. The summed E-state index contributed by atoms with van der Waals surface area (Å²) in [6.07, 6.45) is 1.44. The van der Waals surface area contributed by atoms with Crippen molar-refractivity contribution in [3.8, 4) is 0 Å². The number of rotatable bonds is 1. The van der Waals surface area contributed by atoms with Crippen LogP contribution in [0.15, 0.2) is 15.2 Å². The van der Waals surface area contributed by atoms with Gasteiger partial charge in [0.05, 0.1) is 4.92 Å². The molecule has 1 rings (SSSR count). The van der Waals surface area contributed by atoms with Crippen molar-refractivity contribution in [1.29, 1.82) is 0 Å². The van der Waals surface area contributed by atoms with Crippen LogP contribution in [0.1, 0.15) is 0 Å². The summed E-state index contributed by atoms with van der Waals surface area (Å²) in [5, 5.41) is 10.0. The van der Waals surface area contributed by atoms with Gasteiger partial charge in [-0.25, -0.2) is 0 Å². The molecule has 0 unspecified atom stereocenters. The minimum Gasteiger partial charge on any atom is -0.280 e. The maximum Gasteiger partial charge on any atom is 0.283 e. The number of nitrogens with zero attached hydrogens (tertiary/aromatic N) is 2. The van der Waals surface area contributed by atoms with E-state index in [9.17, 15) is 10.1 Å². The average Bonchev–Trinajstić information content (AvgIpc) is 2.13. The van der Waals surface area contributed by atoms with E-state index in [1.807, 2.05) is 0 Å². The third-order valence-electron chi connectivity index (χ3n) is 0.942. The summed E-state index contributed by atoms with van der Waals surface area (Å²) in [4.78, 5) is 13.3. The van der Waals surface area contributed by atoms with Gasteiger partial charge in [-0.1, -0.05) is 0 Å². The highest BCUT2D eigenvalue weighted by Gasteiger charge is 2.18. The van der Waals surface area contributed by atoms with Crippen molar-refractivity contribution in [2.24, 2.45) is 4.99 Å². The monoisotopic (exact) mass is 190 g/mol. The fourth-order valence-corrected chi connectivity index (χ4v) is 0.922. The Kier molecular flexibility index (Phi) is 1.61. The molecule has 0 N–H and O–H groups in total. The first kappa shape index (κ1) is 6.41. The third-order valence-corrected chi connectivity index (χ3v) is 1.60. The molecule has 0 aliphatic carbocycles. The zero-order valence-electron chi connectivity index (χ0n) is 4.37. The van der Waals surface area contributed by atoms with Crippen LogP contribution in [0, 0.1) is 10.1 Å². The zero-order valence-corrected chi connectivity index (χ0v) is 5.96. The van der Waals surface area contributed by atoms with Gasteiger partial charge >= 0.3 is 0 Å². The zero-order chi connectivity index (χ0) is 6.85. The van der Waals surface area contributed by atoms with Crippen LogP contribution < -0.4 is 0 Å². The summed E-state index contributed by atoms with van der Waals surface area (Å²) >= 11 is 2.99. The van der Waals surface area contributed by atoms with Crippen molar-refractivity contribution < 1.29 is 4.92 Å². The molecule has 9 heavy (non-hydrogen) atoms. The second-order valence-corrected chi connectivity index (χ2v) is 2.38. The lowest BCUT2D eigenvalue weighted by Crippen LogP contribution is -1.99. The van der Waals surface area contributed by atoms with E-state index in [2.05, 4.69) is 20.9 Å². The van der Waals surface area contributed by atoms with Gasteiger partial charge in [0.15, 0.2) is 0 Å². The standard InChI is InChI=1S/C4H3BrN2O2/c5-3-1-6-2-4(3)7(8)9/h1H,2H2. The molecular formula is C4H3BrN2O2. The van der Waals surface area contributed by atoms with Crippen LogP contribution in [0.25, 0.3) is 0 Å². The van der Waals surface area contributed by atoms with E-state index in [0.29, 0.717) is 4.48 Å². The lowest BCUT2D eigenvalue weighted by Gasteiger charge is -1.86. The predicted octanol–water partition coefficient (Wildman–Crippen LogP) is 0.954. The van der Waals surface area contributed by atoms with Crippen LogP contribution in [-0.4, -0.2) is 17.7 Å². The van der Waals surface area contributed by atoms with Crippen molar-refractivity contribution in [2.75, 3.05) is 6.54 Å². The molecular weight excluding hydrogens is 188 g/mol. The fraction of sp³-hybridized carbons (Fsp3) is 0.250. The van der Waals surface area contributed by atoms with Gasteiger partial charge in [0, 0.05) is 6.21 Å². The summed E-state index contributed by atoms with van der Waals surface area (Å²) in [5.41, 5.74) is 0.134. The van der Waals surface area contributed by atoms with Crippen LogP contribution in [0.3, 0.4) is 0 Å². The summed E-state index contributed by atoms with van der Waals surface area (Å²) < 4.78 is 0.479. The Balaban J connectivity index is 2.85. The molecule has 0 bridgehead atoms. The summed E-state index contributed by atoms with van der Waals surface area (Å²) in [6, 6.07) is 0. The van der Waals surface area contributed by atoms with E-state index in [4.69, 9.17) is 0 Å². The lowest BCUT2D eigenvalue weighted by molar-refractivity contribution is -0.424. The van der Waals surface area contributed by atoms with E-state index >= 15 is 0 Å². The SMILES string of the molecule is O=[N+]([O-])C1=C(Br)C=NC1. The molecule has 0 amide bonds. The lowest BCUT2D eigenvalue weighted by atomic mass is 10.5. The van der Waals surface area contributed by atoms with E-state index in [0.717, 1.165) is 0 Å². The Labute approximate surface area is 59.6 Å². The molecule has 1 heterocycles. The molecule has 0 saturated heterocycles. The molecule has 5 heteroatoms. The van der Waals surface area contributed by atoms with Gasteiger partial charge in [-0.05, 0) is 15.9 Å². The van der Waals surface area contributed by atoms with Gasteiger partial charge in [-0.3, -0.25) is 15.1 Å². The number of aliphatic imine (C=N–C) groups is 1. The summed E-state index contributed by atoms with van der Waals surface area (Å²) in [6.45, 7) is 0.188. The normalized spacial score (nSPS) is 17.0. The predicted molar refractivity (Wildman–Crippen MR) is 36.3 cm³/mol. The molecule has 0 radical (unpaired) electrons. The number of halogens is 1. The largest absolute Gasteiger partial charge is 0.283 e. The smallest absolute Gasteiger partial charge is 0.280 e. The van der Waals surface area contributed by atoms with Crippen molar-refractivity contribution in [3.63, 3.8) is 0 Å². The minimum atomic E-state index is -0.433. The van der Waals surface area contributed by atoms with Crippen molar-refractivity contribution >= 4 is 22.1 Å². The molecule has 0 atom stereocenters. The number of hydrogen-bond donors (Lipinski definition) is 0. The van der Waals surface area contributed by atoms with Gasteiger partial charge in [0.25, 0.3) is 5.70 Å². The van der Waals surface area contributed by atoms with Crippen LogP contribution in [0.4, 0.5) is 0 Å². The Morgan fingerprint density at radius 2 is 2.56 bits per heavy atom. The molecule has 0 aromatic carbocycles. The molecule has 0 fully saturated rings. The maximum atomic E-state index is 10.0. The molecule has 0 spiro atoms. The Bertz CT molecular complexity index is 209. The molecule has 0 aromatic heterocycles. The number of allylic oxidation sites excluding steroid dienone is 1. The van der Waals surface area contributed by atoms with E-state index in [1.165, 1.54) is 6.21 Å². The molecule has 1 aliphatic rings. The highest BCUT2D eigenvalue weighted by Crippen LogP contribution is 2.15. The first-order valence-corrected chi connectivity index (χ1v) is 3.04. The van der Waals surface area contributed by atoms with Crippen LogP contribution in [0.2, 0.25) is 0 Å². The first-order chi connectivity index (χ1) is 4.22. The van der Waals surface area contributed by atoms with E-state index in [1.54, 1.807) is 0 Å². The van der Waals surface area contributed by atoms with Crippen molar-refractivity contribution in [3.05, 3.63) is 20.3 Å². The first-order valence-electron chi connectivity index (χ1n) is 2.24. The Morgan fingerprint density at radius 1 is 1.89 bits per heavy atom. The highest BCUT2D eigenvalue weighted by atomic mass is 79.9. The maximum absolute atomic E-state index is 10.0. The number of hydrogen-bond acceptors (Lipinski definition) is 3. The molecule has 0 saturated carbocycles. The number of nitro groups is 1. The topological polar surface area (TPSA) is 55.5 Å². The Morgan fingerprint density at radius 3 is 2.78 bits per heavy atom. The Hall–Kier alpha value is -0.710. The second kappa shape index (κ2) is 2.26. The van der Waals surface area contributed by atoms with E-state index in [-0.39, 0.29) is 12.2 Å². The van der Waals surface area contributed by atoms with Gasteiger partial charge in [0.2, 0.25) is 0 Å². The van der Waals surface area contributed by atoms with Crippen molar-refractivity contribution in [2.45, 2.75) is 0 Å². The van der Waals surface area contributed by atoms with E-state index < -0.39 is 4.92 Å². The average molecular weight is 191 g/mol. The van der Waals surface area contributed by atoms with Crippen LogP contribution in [0.5, 0.6) is 0 Å². The molecule has 1 aliphatic heterocycles. The molecule has 0 aromatic rings. The minimum absolute atomic E-state index is 0.134. The van der Waals surface area contributed by atoms with Crippen LogP contribution >= 0.6 is 15.9 Å².